The van der Waals surface area contributed by atoms with Gasteiger partial charge in [0.2, 0.25) is 0 Å². The Labute approximate surface area is 171 Å². The molecule has 1 aromatic carbocycles. The Morgan fingerprint density at radius 3 is 2.44 bits per heavy atom. The lowest BCUT2D eigenvalue weighted by Crippen LogP contribution is -2.38. The van der Waals surface area contributed by atoms with Crippen molar-refractivity contribution in [3.63, 3.8) is 0 Å². The molecule has 11 heteroatoms. The van der Waals surface area contributed by atoms with Gasteiger partial charge in [0, 0.05) is 13.1 Å². The molecule has 0 radical (unpaired) electrons. The third-order valence-corrected chi connectivity index (χ3v) is 3.16. The summed E-state index contributed by atoms with van der Waals surface area (Å²) in [7, 11) is 1.34. The molecule has 0 aromatic heterocycles. The maximum atomic E-state index is 12.4. The Kier molecular flexibility index (Phi) is 12.1. The topological polar surface area (TPSA) is 54.9 Å². The summed E-state index contributed by atoms with van der Waals surface area (Å²) in [5.41, 5.74) is 0.695. The minimum absolute atomic E-state index is 0. The second-order valence-corrected chi connectivity index (χ2v) is 5.17. The van der Waals surface area contributed by atoms with Crippen LogP contribution >= 0.6 is 24.0 Å². The fourth-order valence-corrected chi connectivity index (χ4v) is 2.03. The van der Waals surface area contributed by atoms with Crippen LogP contribution < -0.4 is 20.1 Å². The van der Waals surface area contributed by atoms with E-state index in [9.17, 15) is 22.0 Å². The number of alkyl halides is 5. The molecular formula is C16H23F5IN3O2. The normalized spacial score (nSPS) is 11.8. The zero-order chi connectivity index (χ0) is 19.6. The zero-order valence-electron chi connectivity index (χ0n) is 14.9. The summed E-state index contributed by atoms with van der Waals surface area (Å²) in [4.78, 5) is 3.84. The third kappa shape index (κ3) is 11.0. The van der Waals surface area contributed by atoms with Crippen molar-refractivity contribution in [3.8, 4) is 11.5 Å². The Morgan fingerprint density at radius 1 is 1.19 bits per heavy atom. The summed E-state index contributed by atoms with van der Waals surface area (Å²) in [5.74, 6) is 0.365. The molecule has 0 amide bonds. The number of guanidine groups is 1. The first-order valence-corrected chi connectivity index (χ1v) is 7.95. The van der Waals surface area contributed by atoms with Crippen molar-refractivity contribution in [1.29, 1.82) is 0 Å². The monoisotopic (exact) mass is 511 g/mol. The molecule has 0 atom stereocenters. The second kappa shape index (κ2) is 12.8. The predicted octanol–water partition coefficient (Wildman–Crippen LogP) is 3.96. The summed E-state index contributed by atoms with van der Waals surface area (Å²) in [6.07, 6.45) is -4.84. The number of halogens is 6. The standard InChI is InChI=1S/C16H22F5N3O2.HI/c1-3-22-15(24-9-7-16(19,20)21)23-8-6-11-4-5-12(25-2)13(10-11)26-14(17)18;/h4-5,10,14H,3,6-9H2,1-2H3,(H2,22,23,24);1H. The van der Waals surface area contributed by atoms with Gasteiger partial charge in [0.25, 0.3) is 0 Å². The summed E-state index contributed by atoms with van der Waals surface area (Å²) < 4.78 is 70.7. The lowest BCUT2D eigenvalue weighted by atomic mass is 10.1. The van der Waals surface area contributed by atoms with Crippen LogP contribution in [0, 0.1) is 0 Å². The quantitative estimate of drug-likeness (QED) is 0.228. The highest BCUT2D eigenvalue weighted by Crippen LogP contribution is 2.29. The molecule has 0 fully saturated rings. The van der Waals surface area contributed by atoms with Crippen molar-refractivity contribution in [1.82, 2.24) is 10.6 Å². The van der Waals surface area contributed by atoms with E-state index in [1.165, 1.54) is 19.2 Å². The zero-order valence-corrected chi connectivity index (χ0v) is 17.2. The maximum Gasteiger partial charge on any atom is 0.390 e. The fourth-order valence-electron chi connectivity index (χ4n) is 2.03. The molecule has 0 bridgehead atoms. The average molecular weight is 511 g/mol. The summed E-state index contributed by atoms with van der Waals surface area (Å²) in [5, 5.41) is 5.73. The van der Waals surface area contributed by atoms with Crippen LogP contribution in [0.25, 0.3) is 0 Å². The van der Waals surface area contributed by atoms with Crippen molar-refractivity contribution in [2.45, 2.75) is 32.6 Å². The van der Waals surface area contributed by atoms with Crippen molar-refractivity contribution in [2.75, 3.05) is 26.7 Å². The van der Waals surface area contributed by atoms with Crippen LogP contribution in [0.4, 0.5) is 22.0 Å². The number of aliphatic imine (C=N–C) groups is 1. The minimum Gasteiger partial charge on any atom is -0.493 e. The molecule has 0 aliphatic heterocycles. The van der Waals surface area contributed by atoms with E-state index in [-0.39, 0.29) is 48.0 Å². The molecule has 1 rings (SSSR count). The molecule has 0 saturated heterocycles. The van der Waals surface area contributed by atoms with Gasteiger partial charge in [0.15, 0.2) is 17.5 Å². The molecule has 0 aliphatic rings. The molecule has 0 spiro atoms. The number of hydrogen-bond acceptors (Lipinski definition) is 3. The van der Waals surface area contributed by atoms with E-state index < -0.39 is 19.2 Å². The fraction of sp³-hybridized carbons (Fsp3) is 0.562. The molecule has 5 nitrogen and oxygen atoms in total. The van der Waals surface area contributed by atoms with Crippen LogP contribution in [-0.2, 0) is 6.42 Å². The first-order valence-electron chi connectivity index (χ1n) is 7.95. The highest BCUT2D eigenvalue weighted by Gasteiger charge is 2.26. The van der Waals surface area contributed by atoms with E-state index in [1.54, 1.807) is 13.0 Å². The van der Waals surface area contributed by atoms with Gasteiger partial charge in [-0.3, -0.25) is 4.99 Å². The minimum atomic E-state index is -4.26. The van der Waals surface area contributed by atoms with E-state index in [2.05, 4.69) is 20.4 Å². The van der Waals surface area contributed by atoms with E-state index in [4.69, 9.17) is 4.74 Å². The number of benzene rings is 1. The van der Waals surface area contributed by atoms with E-state index in [1.807, 2.05) is 0 Å². The van der Waals surface area contributed by atoms with Gasteiger partial charge in [-0.05, 0) is 31.0 Å². The smallest absolute Gasteiger partial charge is 0.390 e. The van der Waals surface area contributed by atoms with Gasteiger partial charge in [0.1, 0.15) is 0 Å². The van der Waals surface area contributed by atoms with Gasteiger partial charge >= 0.3 is 12.8 Å². The van der Waals surface area contributed by atoms with Gasteiger partial charge in [-0.15, -0.1) is 24.0 Å². The second-order valence-electron chi connectivity index (χ2n) is 5.17. The van der Waals surface area contributed by atoms with Crippen LogP contribution in [0.15, 0.2) is 23.2 Å². The molecule has 1 aromatic rings. The average Bonchev–Trinajstić information content (AvgIpc) is 2.53. The molecule has 27 heavy (non-hydrogen) atoms. The van der Waals surface area contributed by atoms with Crippen molar-refractivity contribution < 1.29 is 31.4 Å². The molecule has 156 valence electrons. The molecule has 2 N–H and O–H groups in total. The number of nitrogens with zero attached hydrogens (tertiary/aromatic N) is 1. The highest BCUT2D eigenvalue weighted by atomic mass is 127. The number of methoxy groups -OCH3 is 1. The van der Waals surface area contributed by atoms with Crippen LogP contribution in [0.2, 0.25) is 0 Å². The lowest BCUT2D eigenvalue weighted by molar-refractivity contribution is -0.132. The molecule has 0 aliphatic carbocycles. The van der Waals surface area contributed by atoms with Crippen molar-refractivity contribution in [3.05, 3.63) is 23.8 Å². The van der Waals surface area contributed by atoms with Gasteiger partial charge in [-0.2, -0.15) is 22.0 Å². The van der Waals surface area contributed by atoms with Gasteiger partial charge in [-0.1, -0.05) is 6.07 Å². The Morgan fingerprint density at radius 2 is 1.89 bits per heavy atom. The molecule has 0 heterocycles. The summed E-state index contributed by atoms with van der Waals surface area (Å²) in [6.45, 7) is -0.726. The highest BCUT2D eigenvalue weighted by molar-refractivity contribution is 14.0. The molecule has 0 unspecified atom stereocenters. The van der Waals surface area contributed by atoms with Crippen LogP contribution in [0.3, 0.4) is 0 Å². The van der Waals surface area contributed by atoms with E-state index >= 15 is 0 Å². The van der Waals surface area contributed by atoms with Gasteiger partial charge in [0.05, 0.1) is 20.1 Å². The summed E-state index contributed by atoms with van der Waals surface area (Å²) >= 11 is 0. The van der Waals surface area contributed by atoms with Gasteiger partial charge in [-0.25, -0.2) is 0 Å². The van der Waals surface area contributed by atoms with E-state index in [0.717, 1.165) is 0 Å². The molecular weight excluding hydrogens is 488 g/mol. The lowest BCUT2D eigenvalue weighted by Gasteiger charge is -2.13. The van der Waals surface area contributed by atoms with E-state index in [0.29, 0.717) is 25.1 Å². The largest absolute Gasteiger partial charge is 0.493 e. The SMILES string of the molecule is CCNC(=NCCC(F)(F)F)NCCc1ccc(OC)c(OC(F)F)c1.I. The Hall–Kier alpha value is -1.53. The predicted molar refractivity (Wildman–Crippen MR) is 103 cm³/mol. The molecule has 0 saturated carbocycles. The number of hydrogen-bond donors (Lipinski definition) is 2. The van der Waals surface area contributed by atoms with Crippen molar-refractivity contribution >= 4 is 29.9 Å². The summed E-state index contributed by atoms with van der Waals surface area (Å²) in [6, 6.07) is 4.63. The van der Waals surface area contributed by atoms with Crippen LogP contribution in [0.5, 0.6) is 11.5 Å². The van der Waals surface area contributed by atoms with Gasteiger partial charge < -0.3 is 20.1 Å². The van der Waals surface area contributed by atoms with Crippen LogP contribution in [-0.4, -0.2) is 45.5 Å². The Balaban J connectivity index is 0.00000676. The number of nitrogens with one attached hydrogen (secondary N) is 2. The first kappa shape index (κ1) is 25.5. The number of rotatable bonds is 9. The maximum absolute atomic E-state index is 12.4. The Bertz CT molecular complexity index is 586. The van der Waals surface area contributed by atoms with Crippen LogP contribution in [0.1, 0.15) is 18.9 Å². The number of ether oxygens (including phenoxy) is 2. The first-order chi connectivity index (χ1) is 12.2. The van der Waals surface area contributed by atoms with Crippen molar-refractivity contribution in [2.24, 2.45) is 4.99 Å². The third-order valence-electron chi connectivity index (χ3n) is 3.16.